The van der Waals surface area contributed by atoms with Crippen molar-refractivity contribution in [2.75, 3.05) is 0 Å². The Morgan fingerprint density at radius 1 is 1.45 bits per heavy atom. The normalized spacial score (nSPS) is 25.5. The van der Waals surface area contributed by atoms with Gasteiger partial charge in [0.15, 0.2) is 0 Å². The van der Waals surface area contributed by atoms with Gasteiger partial charge in [-0.25, -0.2) is 0 Å². The van der Waals surface area contributed by atoms with Crippen LogP contribution in [0.2, 0.25) is 0 Å². The van der Waals surface area contributed by atoms with Gasteiger partial charge in [0.2, 0.25) is 0 Å². The average Bonchev–Trinajstić information content (AvgIpc) is 2.03. The largest absolute Gasteiger partial charge is 0.0996 e. The molecule has 0 aromatic heterocycles. The minimum atomic E-state index is 0.878. The van der Waals surface area contributed by atoms with E-state index in [-0.39, 0.29) is 0 Å². The third-order valence-electron chi connectivity index (χ3n) is 2.78. The maximum absolute atomic E-state index is 4.15. The van der Waals surface area contributed by atoms with E-state index in [0.29, 0.717) is 0 Å². The van der Waals surface area contributed by atoms with Gasteiger partial charge >= 0.3 is 0 Å². The lowest BCUT2D eigenvalue weighted by molar-refractivity contribution is 0.418. The minimum Gasteiger partial charge on any atom is -0.0996 e. The van der Waals surface area contributed by atoms with Gasteiger partial charge in [0.25, 0.3) is 0 Å². The third-order valence-corrected chi connectivity index (χ3v) is 2.78. The first-order valence-corrected chi connectivity index (χ1v) is 5.02. The zero-order valence-electron chi connectivity index (χ0n) is 7.73. The molecule has 0 nitrogen and oxygen atoms in total. The molecule has 1 fully saturated rings. The fourth-order valence-electron chi connectivity index (χ4n) is 1.95. The van der Waals surface area contributed by atoms with E-state index in [2.05, 4.69) is 13.5 Å². The Balaban J connectivity index is 2.24. The standard InChI is InChI=1S/C11H20/c1-3-4-8-11-9-6-5-7-10(11)2/h11H,2-9H2,1H3/t11-/m1/s1. The first-order chi connectivity index (χ1) is 5.34. The van der Waals surface area contributed by atoms with Gasteiger partial charge in [-0.05, 0) is 31.6 Å². The average molecular weight is 152 g/mol. The SMILES string of the molecule is C=C1CCCC[C@H]1CCCC. The lowest BCUT2D eigenvalue weighted by Crippen LogP contribution is -2.08. The van der Waals surface area contributed by atoms with Crippen molar-refractivity contribution in [2.45, 2.75) is 51.9 Å². The maximum atomic E-state index is 4.15. The van der Waals surface area contributed by atoms with Gasteiger partial charge in [-0.3, -0.25) is 0 Å². The Bertz CT molecular complexity index is 124. The summed E-state index contributed by atoms with van der Waals surface area (Å²) in [5.74, 6) is 0.878. The lowest BCUT2D eigenvalue weighted by Gasteiger charge is -2.24. The molecular formula is C11H20. The highest BCUT2D eigenvalue weighted by molar-refractivity contribution is 5.02. The van der Waals surface area contributed by atoms with Crippen molar-refractivity contribution in [3.63, 3.8) is 0 Å². The molecule has 0 aromatic rings. The summed E-state index contributed by atoms with van der Waals surface area (Å²) >= 11 is 0. The van der Waals surface area contributed by atoms with Crippen molar-refractivity contribution in [1.29, 1.82) is 0 Å². The van der Waals surface area contributed by atoms with E-state index in [1.165, 1.54) is 50.5 Å². The Kier molecular flexibility index (Phi) is 3.68. The number of hydrogen-bond donors (Lipinski definition) is 0. The van der Waals surface area contributed by atoms with Gasteiger partial charge < -0.3 is 0 Å². The first kappa shape index (κ1) is 8.83. The second-order valence-corrected chi connectivity index (χ2v) is 3.74. The van der Waals surface area contributed by atoms with E-state index >= 15 is 0 Å². The van der Waals surface area contributed by atoms with E-state index < -0.39 is 0 Å². The molecule has 0 unspecified atom stereocenters. The van der Waals surface area contributed by atoms with Crippen molar-refractivity contribution >= 4 is 0 Å². The van der Waals surface area contributed by atoms with Crippen LogP contribution in [-0.2, 0) is 0 Å². The van der Waals surface area contributed by atoms with Gasteiger partial charge in [-0.1, -0.05) is 38.3 Å². The summed E-state index contributed by atoms with van der Waals surface area (Å²) < 4.78 is 0. The molecule has 1 aliphatic carbocycles. The second-order valence-electron chi connectivity index (χ2n) is 3.74. The Morgan fingerprint density at radius 3 is 2.91 bits per heavy atom. The topological polar surface area (TPSA) is 0 Å². The van der Waals surface area contributed by atoms with Crippen LogP contribution in [0.25, 0.3) is 0 Å². The third kappa shape index (κ3) is 2.69. The summed E-state index contributed by atoms with van der Waals surface area (Å²) in [6, 6.07) is 0. The van der Waals surface area contributed by atoms with Crippen LogP contribution in [0.1, 0.15) is 51.9 Å². The molecule has 0 heterocycles. The fourth-order valence-corrected chi connectivity index (χ4v) is 1.95. The molecule has 0 aliphatic heterocycles. The molecule has 1 aliphatic rings. The van der Waals surface area contributed by atoms with Gasteiger partial charge in [0.1, 0.15) is 0 Å². The fraction of sp³-hybridized carbons (Fsp3) is 0.818. The van der Waals surface area contributed by atoms with Crippen LogP contribution in [0.5, 0.6) is 0 Å². The van der Waals surface area contributed by atoms with Gasteiger partial charge in [0, 0.05) is 0 Å². The number of unbranched alkanes of at least 4 members (excludes halogenated alkanes) is 1. The summed E-state index contributed by atoms with van der Waals surface area (Å²) in [7, 11) is 0. The number of allylic oxidation sites excluding steroid dienone is 1. The molecule has 0 heteroatoms. The van der Waals surface area contributed by atoms with E-state index in [9.17, 15) is 0 Å². The molecule has 1 rings (SSSR count). The summed E-state index contributed by atoms with van der Waals surface area (Å²) in [6.45, 7) is 6.42. The Morgan fingerprint density at radius 2 is 2.27 bits per heavy atom. The summed E-state index contributed by atoms with van der Waals surface area (Å²) in [4.78, 5) is 0. The summed E-state index contributed by atoms with van der Waals surface area (Å²) in [5, 5.41) is 0. The molecule has 0 spiro atoms. The van der Waals surface area contributed by atoms with Crippen molar-refractivity contribution in [3.05, 3.63) is 12.2 Å². The second kappa shape index (κ2) is 4.58. The van der Waals surface area contributed by atoms with E-state index in [1.807, 2.05) is 0 Å². The highest BCUT2D eigenvalue weighted by atomic mass is 14.2. The molecule has 0 saturated heterocycles. The van der Waals surface area contributed by atoms with Crippen molar-refractivity contribution in [2.24, 2.45) is 5.92 Å². The van der Waals surface area contributed by atoms with Gasteiger partial charge in [0.05, 0.1) is 0 Å². The molecule has 0 aromatic carbocycles. The predicted octanol–water partition coefficient (Wildman–Crippen LogP) is 3.92. The first-order valence-electron chi connectivity index (χ1n) is 5.02. The number of hydrogen-bond acceptors (Lipinski definition) is 0. The van der Waals surface area contributed by atoms with Crippen molar-refractivity contribution < 1.29 is 0 Å². The highest BCUT2D eigenvalue weighted by Gasteiger charge is 2.15. The van der Waals surface area contributed by atoms with Crippen molar-refractivity contribution in [3.8, 4) is 0 Å². The predicted molar refractivity (Wildman–Crippen MR) is 50.6 cm³/mol. The van der Waals surface area contributed by atoms with Gasteiger partial charge in [-0.15, -0.1) is 0 Å². The molecule has 0 bridgehead atoms. The smallest absolute Gasteiger partial charge is 0.0206 e. The molecule has 1 saturated carbocycles. The summed E-state index contributed by atoms with van der Waals surface area (Å²) in [5.41, 5.74) is 1.53. The van der Waals surface area contributed by atoms with Crippen LogP contribution in [-0.4, -0.2) is 0 Å². The zero-order chi connectivity index (χ0) is 8.10. The highest BCUT2D eigenvalue weighted by Crippen LogP contribution is 2.31. The zero-order valence-corrected chi connectivity index (χ0v) is 7.73. The molecule has 64 valence electrons. The van der Waals surface area contributed by atoms with Crippen molar-refractivity contribution in [1.82, 2.24) is 0 Å². The molecular weight excluding hydrogens is 132 g/mol. The molecule has 11 heavy (non-hydrogen) atoms. The molecule has 0 radical (unpaired) electrons. The number of rotatable bonds is 3. The van der Waals surface area contributed by atoms with E-state index in [4.69, 9.17) is 0 Å². The minimum absolute atomic E-state index is 0.878. The van der Waals surface area contributed by atoms with E-state index in [0.717, 1.165) is 5.92 Å². The Labute approximate surface area is 70.7 Å². The quantitative estimate of drug-likeness (QED) is 0.538. The van der Waals surface area contributed by atoms with Crippen LogP contribution >= 0.6 is 0 Å². The van der Waals surface area contributed by atoms with Gasteiger partial charge in [-0.2, -0.15) is 0 Å². The molecule has 0 amide bonds. The van der Waals surface area contributed by atoms with E-state index in [1.54, 1.807) is 0 Å². The molecule has 1 atom stereocenters. The van der Waals surface area contributed by atoms with Crippen LogP contribution in [0.3, 0.4) is 0 Å². The monoisotopic (exact) mass is 152 g/mol. The van der Waals surface area contributed by atoms with Crippen LogP contribution < -0.4 is 0 Å². The molecule has 0 N–H and O–H groups in total. The van der Waals surface area contributed by atoms with Crippen LogP contribution in [0.15, 0.2) is 12.2 Å². The lowest BCUT2D eigenvalue weighted by atomic mass is 9.82. The van der Waals surface area contributed by atoms with Crippen LogP contribution in [0.4, 0.5) is 0 Å². The summed E-state index contributed by atoms with van der Waals surface area (Å²) in [6.07, 6.45) is 9.67. The maximum Gasteiger partial charge on any atom is -0.0206 e. The van der Waals surface area contributed by atoms with Crippen LogP contribution in [0, 0.1) is 5.92 Å². The Hall–Kier alpha value is -0.260.